The number of anilines is 2. The Morgan fingerprint density at radius 2 is 1.02 bits per heavy atom. The average molecular weight is 549 g/mol. The Morgan fingerprint density at radius 1 is 0.419 bits per heavy atom. The molecule has 9 rings (SSSR count). The van der Waals surface area contributed by atoms with Crippen molar-refractivity contribution >= 4 is 43.7 Å². The molecule has 1 aliphatic carbocycles. The second-order valence-corrected chi connectivity index (χ2v) is 11.7. The van der Waals surface area contributed by atoms with Gasteiger partial charge in [-0.2, -0.15) is 0 Å². The quantitative estimate of drug-likeness (QED) is 0.171. The van der Waals surface area contributed by atoms with Crippen LogP contribution in [0.5, 0.6) is 0 Å². The summed E-state index contributed by atoms with van der Waals surface area (Å²) >= 11 is 0. The molecular formula is C41H28N2. The van der Waals surface area contributed by atoms with Gasteiger partial charge in [-0.1, -0.05) is 127 Å². The summed E-state index contributed by atoms with van der Waals surface area (Å²) in [5.41, 5.74) is 24.4. The SMILES string of the molecule is Nc1ccc2ccc3c(N)c(-c4cccc(C5(c6ccccc6)c6ccccc6-c6ccccc65)c4)cc4ccc1c2c43. The maximum atomic E-state index is 7.07. The molecule has 0 fully saturated rings. The first-order chi connectivity index (χ1) is 21.2. The molecule has 2 heteroatoms. The van der Waals surface area contributed by atoms with Crippen molar-refractivity contribution in [3.05, 3.63) is 168 Å². The van der Waals surface area contributed by atoms with E-state index in [1.165, 1.54) is 54.9 Å². The van der Waals surface area contributed by atoms with Gasteiger partial charge in [-0.25, -0.2) is 0 Å². The molecular weight excluding hydrogens is 520 g/mol. The third kappa shape index (κ3) is 3.13. The zero-order chi connectivity index (χ0) is 28.7. The van der Waals surface area contributed by atoms with Crippen LogP contribution in [0.3, 0.4) is 0 Å². The molecule has 2 nitrogen and oxygen atoms in total. The van der Waals surface area contributed by atoms with E-state index < -0.39 is 5.41 Å². The maximum absolute atomic E-state index is 7.07. The molecule has 0 unspecified atom stereocenters. The van der Waals surface area contributed by atoms with Gasteiger partial charge < -0.3 is 11.5 Å². The monoisotopic (exact) mass is 548 g/mol. The Hall–Kier alpha value is -5.60. The van der Waals surface area contributed by atoms with Gasteiger partial charge in [0, 0.05) is 27.7 Å². The fraction of sp³-hybridized carbons (Fsp3) is 0.0244. The molecule has 0 heterocycles. The lowest BCUT2D eigenvalue weighted by Gasteiger charge is -2.34. The molecule has 0 bridgehead atoms. The number of fused-ring (bicyclic) bond motifs is 3. The van der Waals surface area contributed by atoms with E-state index in [2.05, 4.69) is 140 Å². The molecule has 0 radical (unpaired) electrons. The van der Waals surface area contributed by atoms with Gasteiger partial charge in [-0.15, -0.1) is 0 Å². The molecule has 8 aromatic rings. The first kappa shape index (κ1) is 24.0. The van der Waals surface area contributed by atoms with Crippen LogP contribution in [0.15, 0.2) is 146 Å². The van der Waals surface area contributed by atoms with Gasteiger partial charge in [0.15, 0.2) is 0 Å². The highest BCUT2D eigenvalue weighted by Crippen LogP contribution is 2.56. The van der Waals surface area contributed by atoms with Crippen molar-refractivity contribution < 1.29 is 0 Å². The summed E-state index contributed by atoms with van der Waals surface area (Å²) in [5.74, 6) is 0. The summed E-state index contributed by atoms with van der Waals surface area (Å²) in [5, 5.41) is 6.86. The Balaban J connectivity index is 1.34. The van der Waals surface area contributed by atoms with Crippen LogP contribution < -0.4 is 11.5 Å². The smallest absolute Gasteiger partial charge is 0.0713 e. The average Bonchev–Trinajstić information content (AvgIpc) is 3.37. The van der Waals surface area contributed by atoms with Crippen LogP contribution in [-0.4, -0.2) is 0 Å². The van der Waals surface area contributed by atoms with E-state index in [0.29, 0.717) is 0 Å². The molecule has 202 valence electrons. The second kappa shape index (κ2) is 8.70. The van der Waals surface area contributed by atoms with Crippen molar-refractivity contribution in [1.82, 2.24) is 0 Å². The highest BCUT2D eigenvalue weighted by Gasteiger charge is 2.45. The van der Waals surface area contributed by atoms with Crippen molar-refractivity contribution in [2.24, 2.45) is 0 Å². The second-order valence-electron chi connectivity index (χ2n) is 11.7. The van der Waals surface area contributed by atoms with Crippen molar-refractivity contribution in [3.8, 4) is 22.3 Å². The van der Waals surface area contributed by atoms with E-state index in [1.54, 1.807) is 0 Å². The molecule has 0 saturated carbocycles. The van der Waals surface area contributed by atoms with E-state index in [4.69, 9.17) is 11.5 Å². The predicted octanol–water partition coefficient (Wildman–Crippen LogP) is 9.78. The highest BCUT2D eigenvalue weighted by molar-refractivity contribution is 6.28. The lowest BCUT2D eigenvalue weighted by atomic mass is 9.67. The minimum atomic E-state index is -0.452. The summed E-state index contributed by atoms with van der Waals surface area (Å²) in [6.07, 6.45) is 0. The minimum absolute atomic E-state index is 0.452. The van der Waals surface area contributed by atoms with Gasteiger partial charge in [-0.3, -0.25) is 0 Å². The molecule has 43 heavy (non-hydrogen) atoms. The predicted molar refractivity (Wildman–Crippen MR) is 182 cm³/mol. The summed E-state index contributed by atoms with van der Waals surface area (Å²) in [7, 11) is 0. The standard InChI is InChI=1S/C41H28N2/c42-37-22-19-25-17-21-33-39-27(18-20-32(37)38(25)39)24-34(40(33)43)26-9-8-12-29(23-26)41(28-10-2-1-3-11-28)35-15-6-4-13-30(35)31-14-5-7-16-36(31)41/h1-24H,42-43H2. The van der Waals surface area contributed by atoms with Gasteiger partial charge in [0.1, 0.15) is 0 Å². The molecule has 0 saturated heterocycles. The van der Waals surface area contributed by atoms with Crippen LogP contribution in [0.4, 0.5) is 11.4 Å². The molecule has 0 aromatic heterocycles. The van der Waals surface area contributed by atoms with Gasteiger partial charge in [0.05, 0.1) is 5.41 Å². The summed E-state index contributed by atoms with van der Waals surface area (Å²) < 4.78 is 0. The van der Waals surface area contributed by atoms with Crippen LogP contribution in [0.25, 0.3) is 54.6 Å². The Bertz CT molecular complexity index is 2320. The largest absolute Gasteiger partial charge is 0.398 e. The number of nitrogens with two attached hydrogens (primary N) is 2. The van der Waals surface area contributed by atoms with Gasteiger partial charge >= 0.3 is 0 Å². The molecule has 8 aromatic carbocycles. The normalized spacial score (nSPS) is 13.5. The van der Waals surface area contributed by atoms with Crippen molar-refractivity contribution in [2.75, 3.05) is 11.5 Å². The zero-order valence-corrected chi connectivity index (χ0v) is 23.5. The van der Waals surface area contributed by atoms with Crippen LogP contribution in [0, 0.1) is 0 Å². The maximum Gasteiger partial charge on any atom is 0.0713 e. The van der Waals surface area contributed by atoms with Crippen LogP contribution in [-0.2, 0) is 5.41 Å². The zero-order valence-electron chi connectivity index (χ0n) is 23.5. The van der Waals surface area contributed by atoms with Crippen LogP contribution in [0.1, 0.15) is 22.3 Å². The van der Waals surface area contributed by atoms with E-state index in [-0.39, 0.29) is 0 Å². The summed E-state index contributed by atoms with van der Waals surface area (Å²) in [6, 6.07) is 52.6. The number of hydrogen-bond donors (Lipinski definition) is 2. The van der Waals surface area contributed by atoms with E-state index >= 15 is 0 Å². The van der Waals surface area contributed by atoms with Gasteiger partial charge in [-0.05, 0) is 78.7 Å². The number of rotatable bonds is 3. The summed E-state index contributed by atoms with van der Waals surface area (Å²) in [4.78, 5) is 0. The highest BCUT2D eigenvalue weighted by atomic mass is 14.6. The Kier molecular flexibility index (Phi) is 4.87. The van der Waals surface area contributed by atoms with E-state index in [0.717, 1.165) is 33.3 Å². The molecule has 1 aliphatic rings. The third-order valence-electron chi connectivity index (χ3n) is 9.62. The number of hydrogen-bond acceptors (Lipinski definition) is 2. The van der Waals surface area contributed by atoms with Gasteiger partial charge in [0.25, 0.3) is 0 Å². The summed E-state index contributed by atoms with van der Waals surface area (Å²) in [6.45, 7) is 0. The number of benzene rings is 8. The molecule has 0 atom stereocenters. The topological polar surface area (TPSA) is 52.0 Å². The van der Waals surface area contributed by atoms with Gasteiger partial charge in [0.2, 0.25) is 0 Å². The van der Waals surface area contributed by atoms with Crippen molar-refractivity contribution in [1.29, 1.82) is 0 Å². The third-order valence-corrected chi connectivity index (χ3v) is 9.62. The van der Waals surface area contributed by atoms with E-state index in [9.17, 15) is 0 Å². The Labute approximate surface area is 250 Å². The lowest BCUT2D eigenvalue weighted by Crippen LogP contribution is -2.28. The fourth-order valence-corrected chi connectivity index (χ4v) is 7.79. The molecule has 0 spiro atoms. The Morgan fingerprint density at radius 3 is 1.79 bits per heavy atom. The molecule has 4 N–H and O–H groups in total. The van der Waals surface area contributed by atoms with Crippen LogP contribution >= 0.6 is 0 Å². The fourth-order valence-electron chi connectivity index (χ4n) is 7.79. The van der Waals surface area contributed by atoms with Crippen molar-refractivity contribution in [2.45, 2.75) is 5.41 Å². The van der Waals surface area contributed by atoms with Crippen molar-refractivity contribution in [3.63, 3.8) is 0 Å². The lowest BCUT2D eigenvalue weighted by molar-refractivity contribution is 0.769. The van der Waals surface area contributed by atoms with E-state index in [1.807, 2.05) is 6.07 Å². The number of nitrogen functional groups attached to an aromatic ring is 2. The molecule has 0 aliphatic heterocycles. The molecule has 0 amide bonds. The van der Waals surface area contributed by atoms with Crippen LogP contribution in [0.2, 0.25) is 0 Å². The minimum Gasteiger partial charge on any atom is -0.398 e. The first-order valence-corrected chi connectivity index (χ1v) is 14.8. The first-order valence-electron chi connectivity index (χ1n) is 14.8.